The van der Waals surface area contributed by atoms with E-state index in [-0.39, 0.29) is 30.6 Å². The Balaban J connectivity index is 1.58. The summed E-state index contributed by atoms with van der Waals surface area (Å²) in [6.07, 6.45) is 0.960. The first-order chi connectivity index (χ1) is 14.7. The van der Waals surface area contributed by atoms with Gasteiger partial charge in [0.1, 0.15) is 5.82 Å². The maximum atomic E-state index is 14.4. The Hall–Kier alpha value is -3.11. The minimum absolute atomic E-state index is 0.0711. The van der Waals surface area contributed by atoms with Crippen molar-refractivity contribution < 1.29 is 21.8 Å². The summed E-state index contributed by atoms with van der Waals surface area (Å²) < 4.78 is 42.0. The molecule has 1 saturated heterocycles. The molecule has 3 aromatic rings. The van der Waals surface area contributed by atoms with Crippen LogP contribution >= 0.6 is 0 Å². The van der Waals surface area contributed by atoms with Crippen LogP contribution in [0.3, 0.4) is 0 Å². The Morgan fingerprint density at radius 2 is 2.00 bits per heavy atom. The number of fused-ring (bicyclic) bond motifs is 1. The van der Waals surface area contributed by atoms with Crippen molar-refractivity contribution in [3.63, 3.8) is 0 Å². The highest BCUT2D eigenvalue weighted by atomic mass is 32.2. The maximum absolute atomic E-state index is 14.4. The molecular formula is C21H20FN3O5S. The van der Waals surface area contributed by atoms with E-state index in [2.05, 4.69) is 10.2 Å². The molecule has 1 aliphatic rings. The molecule has 8 nitrogen and oxygen atoms in total. The van der Waals surface area contributed by atoms with Gasteiger partial charge in [0.05, 0.1) is 29.0 Å². The molecule has 0 bridgehead atoms. The van der Waals surface area contributed by atoms with E-state index in [1.165, 1.54) is 17.0 Å². The summed E-state index contributed by atoms with van der Waals surface area (Å²) in [5.74, 6) is -1.20. The molecule has 1 fully saturated rings. The van der Waals surface area contributed by atoms with Crippen LogP contribution in [0, 0.1) is 5.82 Å². The van der Waals surface area contributed by atoms with Crippen LogP contribution in [0.1, 0.15) is 28.0 Å². The van der Waals surface area contributed by atoms with Crippen molar-refractivity contribution in [1.82, 2.24) is 15.1 Å². The molecule has 1 aliphatic heterocycles. The second-order valence-electron chi connectivity index (χ2n) is 7.50. The summed E-state index contributed by atoms with van der Waals surface area (Å²) >= 11 is 0. The minimum atomic E-state index is -3.64. The Morgan fingerprint density at radius 3 is 2.74 bits per heavy atom. The van der Waals surface area contributed by atoms with Gasteiger partial charge in [-0.25, -0.2) is 9.49 Å². The predicted molar refractivity (Wildman–Crippen MR) is 112 cm³/mol. The standard InChI is InChI=1S/C21H20FN3O5S/c1-31(28,29)30-14-8-9-25(12-14)21(27)17-10-13(6-7-18(17)22)11-19-15-4-2-3-5-16(15)20(26)24-23-19/h2-7,10,14H,8-9,11-12H2,1H3,(H,24,26)/t14-/m0/s1. The lowest BCUT2D eigenvalue weighted by atomic mass is 10.0. The molecule has 0 aliphatic carbocycles. The maximum Gasteiger partial charge on any atom is 0.272 e. The second-order valence-corrected chi connectivity index (χ2v) is 9.10. The Kier molecular flexibility index (Phi) is 5.59. The summed E-state index contributed by atoms with van der Waals surface area (Å²) in [4.78, 5) is 26.2. The molecule has 1 atom stereocenters. The molecule has 31 heavy (non-hydrogen) atoms. The van der Waals surface area contributed by atoms with Crippen molar-refractivity contribution in [2.45, 2.75) is 18.9 Å². The molecule has 1 N–H and O–H groups in total. The molecule has 1 aromatic heterocycles. The number of amides is 1. The van der Waals surface area contributed by atoms with E-state index in [1.807, 2.05) is 0 Å². The number of benzene rings is 2. The van der Waals surface area contributed by atoms with Crippen LogP contribution in [0.5, 0.6) is 0 Å². The third-order valence-corrected chi connectivity index (χ3v) is 5.77. The number of nitrogens with zero attached hydrogens (tertiary/aromatic N) is 2. The summed E-state index contributed by atoms with van der Waals surface area (Å²) in [5, 5.41) is 7.77. The molecule has 2 heterocycles. The molecule has 2 aromatic carbocycles. The van der Waals surface area contributed by atoms with Crippen molar-refractivity contribution in [1.29, 1.82) is 0 Å². The lowest BCUT2D eigenvalue weighted by molar-refractivity contribution is 0.0768. The third-order valence-electron chi connectivity index (χ3n) is 5.15. The SMILES string of the molecule is CS(=O)(=O)O[C@H]1CCN(C(=O)c2cc(Cc3n[nH]c(=O)c4ccccc34)ccc2F)C1. The van der Waals surface area contributed by atoms with Gasteiger partial charge in [0, 0.05) is 24.9 Å². The van der Waals surface area contributed by atoms with Crippen LogP contribution in [-0.2, 0) is 20.7 Å². The van der Waals surface area contributed by atoms with E-state index in [1.54, 1.807) is 30.3 Å². The van der Waals surface area contributed by atoms with Crippen LogP contribution in [0.4, 0.5) is 4.39 Å². The monoisotopic (exact) mass is 445 g/mol. The Bertz CT molecular complexity index is 1320. The fourth-order valence-electron chi connectivity index (χ4n) is 3.75. The largest absolute Gasteiger partial charge is 0.336 e. The average molecular weight is 445 g/mol. The molecule has 10 heteroatoms. The predicted octanol–water partition coefficient (Wildman–Crippen LogP) is 1.84. The van der Waals surface area contributed by atoms with Crippen molar-refractivity contribution in [3.8, 4) is 0 Å². The van der Waals surface area contributed by atoms with E-state index in [9.17, 15) is 22.4 Å². The highest BCUT2D eigenvalue weighted by Crippen LogP contribution is 2.22. The molecule has 162 valence electrons. The molecule has 0 unspecified atom stereocenters. The summed E-state index contributed by atoms with van der Waals surface area (Å²) in [6, 6.07) is 11.3. The highest BCUT2D eigenvalue weighted by Gasteiger charge is 2.31. The topological polar surface area (TPSA) is 109 Å². The number of carbonyl (C=O) groups excluding carboxylic acids is 1. The summed E-state index contributed by atoms with van der Waals surface area (Å²) in [5.41, 5.74) is 0.848. The van der Waals surface area contributed by atoms with Crippen molar-refractivity contribution in [3.05, 3.63) is 75.5 Å². The van der Waals surface area contributed by atoms with Gasteiger partial charge in [-0.2, -0.15) is 13.5 Å². The van der Waals surface area contributed by atoms with E-state index in [0.717, 1.165) is 6.26 Å². The number of nitrogens with one attached hydrogen (secondary N) is 1. The number of aromatic amines is 1. The normalized spacial score (nSPS) is 16.7. The molecular weight excluding hydrogens is 425 g/mol. The van der Waals surface area contributed by atoms with Gasteiger partial charge in [0.15, 0.2) is 0 Å². The Labute approximate surface area is 177 Å². The van der Waals surface area contributed by atoms with Crippen LogP contribution in [0.25, 0.3) is 10.8 Å². The Morgan fingerprint density at radius 1 is 1.26 bits per heavy atom. The van der Waals surface area contributed by atoms with Crippen molar-refractivity contribution in [2.24, 2.45) is 0 Å². The molecule has 0 saturated carbocycles. The first kappa shape index (κ1) is 21.1. The third kappa shape index (κ3) is 4.64. The molecule has 0 radical (unpaired) electrons. The van der Waals surface area contributed by atoms with Gasteiger partial charge < -0.3 is 4.90 Å². The number of hydrogen-bond acceptors (Lipinski definition) is 6. The quantitative estimate of drug-likeness (QED) is 0.601. The number of aromatic nitrogens is 2. The van der Waals surface area contributed by atoms with Crippen LogP contribution in [-0.4, -0.2) is 54.9 Å². The number of halogens is 1. The van der Waals surface area contributed by atoms with Gasteiger partial charge >= 0.3 is 0 Å². The second kappa shape index (κ2) is 8.20. The van der Waals surface area contributed by atoms with Crippen molar-refractivity contribution in [2.75, 3.05) is 19.3 Å². The lowest BCUT2D eigenvalue weighted by Crippen LogP contribution is -2.31. The number of rotatable bonds is 5. The highest BCUT2D eigenvalue weighted by molar-refractivity contribution is 7.86. The van der Waals surface area contributed by atoms with Crippen molar-refractivity contribution >= 4 is 26.8 Å². The van der Waals surface area contributed by atoms with E-state index in [0.29, 0.717) is 28.5 Å². The zero-order valence-electron chi connectivity index (χ0n) is 16.7. The van der Waals surface area contributed by atoms with E-state index in [4.69, 9.17) is 4.18 Å². The first-order valence-corrected chi connectivity index (χ1v) is 11.4. The van der Waals surface area contributed by atoms with Gasteiger partial charge in [0.25, 0.3) is 21.6 Å². The zero-order valence-corrected chi connectivity index (χ0v) is 17.5. The van der Waals surface area contributed by atoms with Gasteiger partial charge in [-0.1, -0.05) is 24.3 Å². The number of carbonyl (C=O) groups is 1. The molecule has 0 spiro atoms. The first-order valence-electron chi connectivity index (χ1n) is 9.63. The fourth-order valence-corrected chi connectivity index (χ4v) is 4.41. The number of hydrogen-bond donors (Lipinski definition) is 1. The van der Waals surface area contributed by atoms with Gasteiger partial charge in [0.2, 0.25) is 0 Å². The van der Waals surface area contributed by atoms with Crippen LogP contribution in [0.2, 0.25) is 0 Å². The van der Waals surface area contributed by atoms with Gasteiger partial charge in [-0.05, 0) is 30.2 Å². The lowest BCUT2D eigenvalue weighted by Gasteiger charge is -2.17. The molecule has 4 rings (SSSR count). The number of H-pyrrole nitrogens is 1. The van der Waals surface area contributed by atoms with Gasteiger partial charge in [-0.15, -0.1) is 0 Å². The zero-order chi connectivity index (χ0) is 22.2. The summed E-state index contributed by atoms with van der Waals surface area (Å²) in [7, 11) is -3.64. The fraction of sp³-hybridized carbons (Fsp3) is 0.286. The average Bonchev–Trinajstić information content (AvgIpc) is 3.18. The van der Waals surface area contributed by atoms with E-state index < -0.39 is 27.9 Å². The van der Waals surface area contributed by atoms with Gasteiger partial charge in [-0.3, -0.25) is 13.8 Å². The van der Waals surface area contributed by atoms with Crippen LogP contribution < -0.4 is 5.56 Å². The van der Waals surface area contributed by atoms with E-state index >= 15 is 0 Å². The molecule has 1 amide bonds. The number of likely N-dealkylation sites (tertiary alicyclic amines) is 1. The van der Waals surface area contributed by atoms with Crippen LogP contribution in [0.15, 0.2) is 47.3 Å². The minimum Gasteiger partial charge on any atom is -0.336 e. The smallest absolute Gasteiger partial charge is 0.272 e. The summed E-state index contributed by atoms with van der Waals surface area (Å²) in [6.45, 7) is 0.344.